The summed E-state index contributed by atoms with van der Waals surface area (Å²) in [5, 5.41) is 11.9. The molecule has 0 aliphatic carbocycles. The van der Waals surface area contributed by atoms with Crippen LogP contribution in [0.2, 0.25) is 0 Å². The summed E-state index contributed by atoms with van der Waals surface area (Å²) in [6, 6.07) is 5.40. The van der Waals surface area contributed by atoms with Crippen molar-refractivity contribution in [1.82, 2.24) is 4.90 Å². The molecule has 1 unspecified atom stereocenters. The van der Waals surface area contributed by atoms with Crippen molar-refractivity contribution in [2.45, 2.75) is 25.6 Å². The fourth-order valence-electron chi connectivity index (χ4n) is 2.31. The van der Waals surface area contributed by atoms with Crippen LogP contribution in [0, 0.1) is 5.82 Å². The first-order valence-corrected chi connectivity index (χ1v) is 6.50. The van der Waals surface area contributed by atoms with Crippen LogP contribution in [0.3, 0.4) is 0 Å². The largest absolute Gasteiger partial charge is 0.394 e. The molecule has 2 rings (SSSR count). The number of hydrogen-bond donors (Lipinski definition) is 2. The van der Waals surface area contributed by atoms with Gasteiger partial charge in [-0.3, -0.25) is 0 Å². The van der Waals surface area contributed by atoms with Gasteiger partial charge in [0.25, 0.3) is 0 Å². The molecule has 1 aliphatic heterocycles. The van der Waals surface area contributed by atoms with E-state index in [0.29, 0.717) is 18.8 Å². The highest BCUT2D eigenvalue weighted by Gasteiger charge is 2.35. The third-order valence-electron chi connectivity index (χ3n) is 3.05. The molecule has 1 aromatic carbocycles. The number of nitrogens with zero attached hydrogens (tertiary/aromatic N) is 1. The second-order valence-corrected chi connectivity index (χ2v) is 5.50. The van der Waals surface area contributed by atoms with E-state index in [1.807, 2.05) is 13.8 Å². The number of aliphatic hydroxyl groups is 1. The summed E-state index contributed by atoms with van der Waals surface area (Å²) >= 11 is 0. The molecule has 0 spiro atoms. The van der Waals surface area contributed by atoms with Crippen LogP contribution < -0.4 is 5.32 Å². The molecule has 110 valence electrons. The van der Waals surface area contributed by atoms with Gasteiger partial charge >= 0.3 is 6.03 Å². The number of hydrogen-bond acceptors (Lipinski definition) is 3. The molecule has 1 heterocycles. The van der Waals surface area contributed by atoms with E-state index in [1.54, 1.807) is 11.0 Å². The van der Waals surface area contributed by atoms with Crippen molar-refractivity contribution in [2.24, 2.45) is 0 Å². The van der Waals surface area contributed by atoms with Gasteiger partial charge in [-0.2, -0.15) is 0 Å². The number of anilines is 1. The minimum absolute atomic E-state index is 0.146. The highest BCUT2D eigenvalue weighted by atomic mass is 19.1. The summed E-state index contributed by atoms with van der Waals surface area (Å²) in [5.41, 5.74) is -0.120. The zero-order valence-corrected chi connectivity index (χ0v) is 11.6. The Morgan fingerprint density at radius 1 is 1.60 bits per heavy atom. The van der Waals surface area contributed by atoms with Crippen molar-refractivity contribution >= 4 is 11.7 Å². The molecule has 6 heteroatoms. The lowest BCUT2D eigenvalue weighted by Crippen LogP contribution is -2.56. The molecule has 1 aromatic rings. The standard InChI is InChI=1S/C14H19FN2O3/c1-14(2)9-17(7-12(8-18)20-14)13(19)16-11-5-3-4-10(15)6-11/h3-6,12,18H,7-9H2,1-2H3,(H,16,19). The lowest BCUT2D eigenvalue weighted by molar-refractivity contribution is -0.137. The number of aliphatic hydroxyl groups excluding tert-OH is 1. The Bertz CT molecular complexity index is 493. The highest BCUT2D eigenvalue weighted by Crippen LogP contribution is 2.21. The Morgan fingerprint density at radius 3 is 3.00 bits per heavy atom. The first-order valence-electron chi connectivity index (χ1n) is 6.50. The molecule has 0 saturated carbocycles. The quantitative estimate of drug-likeness (QED) is 0.870. The van der Waals surface area contributed by atoms with Crippen LogP contribution in [-0.4, -0.2) is 47.4 Å². The van der Waals surface area contributed by atoms with Gasteiger partial charge < -0.3 is 20.1 Å². The molecule has 1 atom stereocenters. The van der Waals surface area contributed by atoms with Crippen LogP contribution in [-0.2, 0) is 4.74 Å². The fraction of sp³-hybridized carbons (Fsp3) is 0.500. The number of carbonyl (C=O) groups is 1. The van der Waals surface area contributed by atoms with Gasteiger partial charge in [-0.15, -0.1) is 0 Å². The predicted octanol–water partition coefficient (Wildman–Crippen LogP) is 1.83. The second kappa shape index (κ2) is 5.76. The van der Waals surface area contributed by atoms with E-state index in [1.165, 1.54) is 18.2 Å². The number of carbonyl (C=O) groups excluding carboxylic acids is 1. The van der Waals surface area contributed by atoms with E-state index in [4.69, 9.17) is 4.74 Å². The van der Waals surface area contributed by atoms with Crippen LogP contribution in [0.4, 0.5) is 14.9 Å². The maximum absolute atomic E-state index is 13.1. The van der Waals surface area contributed by atoms with E-state index in [2.05, 4.69) is 5.32 Å². The molecule has 20 heavy (non-hydrogen) atoms. The number of urea groups is 1. The maximum atomic E-state index is 13.1. The number of nitrogens with one attached hydrogen (secondary N) is 1. The Balaban J connectivity index is 2.04. The van der Waals surface area contributed by atoms with Crippen LogP contribution >= 0.6 is 0 Å². The molecule has 1 fully saturated rings. The maximum Gasteiger partial charge on any atom is 0.322 e. The predicted molar refractivity (Wildman–Crippen MR) is 73.0 cm³/mol. The van der Waals surface area contributed by atoms with Gasteiger partial charge in [0.15, 0.2) is 0 Å². The summed E-state index contributed by atoms with van der Waals surface area (Å²) in [7, 11) is 0. The number of benzene rings is 1. The zero-order valence-electron chi connectivity index (χ0n) is 11.6. The highest BCUT2D eigenvalue weighted by molar-refractivity contribution is 5.89. The average Bonchev–Trinajstić information content (AvgIpc) is 2.36. The van der Waals surface area contributed by atoms with Gasteiger partial charge in [0.05, 0.1) is 31.4 Å². The van der Waals surface area contributed by atoms with Crippen molar-refractivity contribution in [3.05, 3.63) is 30.1 Å². The molecule has 1 saturated heterocycles. The summed E-state index contributed by atoms with van der Waals surface area (Å²) in [6.07, 6.45) is -0.406. The van der Waals surface area contributed by atoms with Gasteiger partial charge in [-0.25, -0.2) is 9.18 Å². The van der Waals surface area contributed by atoms with Gasteiger partial charge in [0, 0.05) is 5.69 Å². The van der Waals surface area contributed by atoms with Crippen LogP contribution in [0.5, 0.6) is 0 Å². The third kappa shape index (κ3) is 3.68. The summed E-state index contributed by atoms with van der Waals surface area (Å²) in [6.45, 7) is 4.29. The Kier molecular flexibility index (Phi) is 4.25. The van der Waals surface area contributed by atoms with Crippen molar-refractivity contribution in [1.29, 1.82) is 0 Å². The molecule has 0 aromatic heterocycles. The fourth-order valence-corrected chi connectivity index (χ4v) is 2.31. The molecular formula is C14H19FN2O3. The van der Waals surface area contributed by atoms with Crippen molar-refractivity contribution in [3.8, 4) is 0 Å². The van der Waals surface area contributed by atoms with E-state index in [9.17, 15) is 14.3 Å². The van der Waals surface area contributed by atoms with E-state index in [0.717, 1.165) is 0 Å². The number of morpholine rings is 1. The van der Waals surface area contributed by atoms with Gasteiger partial charge in [-0.05, 0) is 32.0 Å². The average molecular weight is 282 g/mol. The molecule has 0 radical (unpaired) electrons. The lowest BCUT2D eigenvalue weighted by atomic mass is 10.1. The molecule has 5 nitrogen and oxygen atoms in total. The van der Waals surface area contributed by atoms with Gasteiger partial charge in [0.2, 0.25) is 0 Å². The zero-order chi connectivity index (χ0) is 14.8. The van der Waals surface area contributed by atoms with E-state index >= 15 is 0 Å². The number of ether oxygens (including phenoxy) is 1. The monoisotopic (exact) mass is 282 g/mol. The molecule has 2 N–H and O–H groups in total. The first-order chi connectivity index (χ1) is 9.39. The smallest absolute Gasteiger partial charge is 0.322 e. The van der Waals surface area contributed by atoms with E-state index < -0.39 is 17.5 Å². The van der Waals surface area contributed by atoms with E-state index in [-0.39, 0.29) is 12.6 Å². The minimum atomic E-state index is -0.523. The van der Waals surface area contributed by atoms with Crippen molar-refractivity contribution in [3.63, 3.8) is 0 Å². The second-order valence-electron chi connectivity index (χ2n) is 5.50. The topological polar surface area (TPSA) is 61.8 Å². The number of rotatable bonds is 2. The molecule has 2 amide bonds. The van der Waals surface area contributed by atoms with Crippen LogP contribution in [0.15, 0.2) is 24.3 Å². The summed E-state index contributed by atoms with van der Waals surface area (Å²) in [5.74, 6) is -0.404. The van der Waals surface area contributed by atoms with Crippen molar-refractivity contribution < 1.29 is 19.0 Å². The minimum Gasteiger partial charge on any atom is -0.394 e. The Hall–Kier alpha value is -1.66. The van der Waals surface area contributed by atoms with Gasteiger partial charge in [0.1, 0.15) is 5.82 Å². The van der Waals surface area contributed by atoms with Crippen LogP contribution in [0.1, 0.15) is 13.8 Å². The Morgan fingerprint density at radius 2 is 2.35 bits per heavy atom. The van der Waals surface area contributed by atoms with Crippen LogP contribution in [0.25, 0.3) is 0 Å². The Labute approximate surface area is 117 Å². The molecule has 1 aliphatic rings. The molecule has 0 bridgehead atoms. The number of halogens is 1. The SMILES string of the molecule is CC1(C)CN(C(=O)Nc2cccc(F)c2)CC(CO)O1. The normalized spacial score (nSPS) is 21.6. The summed E-state index contributed by atoms with van der Waals surface area (Å²) in [4.78, 5) is 13.7. The lowest BCUT2D eigenvalue weighted by Gasteiger charge is -2.42. The van der Waals surface area contributed by atoms with Gasteiger partial charge in [-0.1, -0.05) is 6.07 Å². The third-order valence-corrected chi connectivity index (χ3v) is 3.05. The summed E-state index contributed by atoms with van der Waals surface area (Å²) < 4.78 is 18.7. The van der Waals surface area contributed by atoms with Crippen molar-refractivity contribution in [2.75, 3.05) is 25.0 Å². The molecular weight excluding hydrogens is 263 g/mol. The number of amides is 2. The first kappa shape index (κ1) is 14.7.